The molecule has 1 amide bonds. The van der Waals surface area contributed by atoms with Gasteiger partial charge in [0.1, 0.15) is 0 Å². The molecule has 1 saturated carbocycles. The molecule has 1 aliphatic rings. The summed E-state index contributed by atoms with van der Waals surface area (Å²) in [6.07, 6.45) is 3.52. The van der Waals surface area contributed by atoms with Crippen molar-refractivity contribution in [3.8, 4) is 5.88 Å². The summed E-state index contributed by atoms with van der Waals surface area (Å²) in [4.78, 5) is 16.8. The van der Waals surface area contributed by atoms with E-state index in [1.165, 1.54) is 0 Å². The Bertz CT molecular complexity index is 651. The van der Waals surface area contributed by atoms with E-state index in [1.54, 1.807) is 6.20 Å². The van der Waals surface area contributed by atoms with E-state index in [1.807, 2.05) is 49.4 Å². The number of hydrogen-bond donors (Lipinski definition) is 1. The van der Waals surface area contributed by atoms with Gasteiger partial charge in [-0.25, -0.2) is 4.98 Å². The van der Waals surface area contributed by atoms with Gasteiger partial charge in [-0.3, -0.25) is 4.79 Å². The molecule has 0 unspecified atom stereocenters. The van der Waals surface area contributed by atoms with Gasteiger partial charge in [0.15, 0.2) is 0 Å². The highest BCUT2D eigenvalue weighted by Gasteiger charge is 2.50. The van der Waals surface area contributed by atoms with Crippen molar-refractivity contribution < 1.29 is 9.53 Å². The maximum absolute atomic E-state index is 12.6. The molecule has 4 heteroatoms. The topological polar surface area (TPSA) is 51.2 Å². The number of ether oxygens (including phenoxy) is 1. The van der Waals surface area contributed by atoms with Crippen molar-refractivity contribution in [2.24, 2.45) is 0 Å². The molecule has 1 aromatic heterocycles. The smallest absolute Gasteiger partial charge is 0.230 e. The van der Waals surface area contributed by atoms with Crippen LogP contribution in [0.1, 0.15) is 30.9 Å². The lowest BCUT2D eigenvalue weighted by molar-refractivity contribution is -0.123. The van der Waals surface area contributed by atoms with Crippen LogP contribution < -0.4 is 10.1 Å². The van der Waals surface area contributed by atoms with Crippen LogP contribution in [0, 0.1) is 0 Å². The quantitative estimate of drug-likeness (QED) is 0.892. The molecule has 1 fully saturated rings. The normalized spacial score (nSPS) is 15.1. The molecule has 0 radical (unpaired) electrons. The van der Waals surface area contributed by atoms with Crippen LogP contribution in [0.5, 0.6) is 5.88 Å². The first-order chi connectivity index (χ1) is 10.8. The van der Waals surface area contributed by atoms with Gasteiger partial charge < -0.3 is 10.1 Å². The van der Waals surface area contributed by atoms with Gasteiger partial charge in [0.05, 0.1) is 12.0 Å². The summed E-state index contributed by atoms with van der Waals surface area (Å²) < 4.78 is 5.49. The van der Waals surface area contributed by atoms with Gasteiger partial charge >= 0.3 is 0 Å². The zero-order chi connectivity index (χ0) is 15.4. The number of aromatic nitrogens is 1. The third kappa shape index (κ3) is 2.82. The Labute approximate surface area is 130 Å². The lowest BCUT2D eigenvalue weighted by atomic mass is 9.95. The van der Waals surface area contributed by atoms with E-state index >= 15 is 0 Å². The van der Waals surface area contributed by atoms with Crippen molar-refractivity contribution in [2.45, 2.75) is 31.7 Å². The number of hydrogen-bond acceptors (Lipinski definition) is 3. The van der Waals surface area contributed by atoms with Crippen LogP contribution in [0.4, 0.5) is 0 Å². The predicted octanol–water partition coefficient (Wildman–Crippen LogP) is 2.83. The summed E-state index contributed by atoms with van der Waals surface area (Å²) in [5.41, 5.74) is 1.67. The van der Waals surface area contributed by atoms with Gasteiger partial charge in [-0.1, -0.05) is 36.4 Å². The molecular formula is C18H20N2O2. The highest BCUT2D eigenvalue weighted by molar-refractivity contribution is 5.91. The zero-order valence-corrected chi connectivity index (χ0v) is 12.7. The van der Waals surface area contributed by atoms with Crippen molar-refractivity contribution in [3.63, 3.8) is 0 Å². The summed E-state index contributed by atoms with van der Waals surface area (Å²) in [7, 11) is 0. The molecule has 0 spiro atoms. The van der Waals surface area contributed by atoms with Gasteiger partial charge in [-0.2, -0.15) is 0 Å². The van der Waals surface area contributed by atoms with Gasteiger partial charge in [0.25, 0.3) is 0 Å². The Kier molecular flexibility index (Phi) is 4.09. The molecule has 2 aromatic rings. The molecule has 114 valence electrons. The minimum Gasteiger partial charge on any atom is -0.478 e. The Hall–Kier alpha value is -2.36. The Balaban J connectivity index is 1.69. The lowest BCUT2D eigenvalue weighted by Crippen LogP contribution is -2.34. The second kappa shape index (κ2) is 6.18. The molecule has 1 aromatic carbocycles. The molecule has 1 aliphatic carbocycles. The SMILES string of the molecule is CCOc1ncccc1CNC(=O)C1(c2ccccc2)CC1. The van der Waals surface area contributed by atoms with Crippen molar-refractivity contribution in [3.05, 3.63) is 59.8 Å². The van der Waals surface area contributed by atoms with Crippen molar-refractivity contribution >= 4 is 5.91 Å². The maximum Gasteiger partial charge on any atom is 0.230 e. The summed E-state index contributed by atoms with van der Waals surface area (Å²) in [6.45, 7) is 2.92. The molecule has 4 nitrogen and oxygen atoms in total. The van der Waals surface area contributed by atoms with Crippen molar-refractivity contribution in [2.75, 3.05) is 6.61 Å². The molecule has 0 bridgehead atoms. The van der Waals surface area contributed by atoms with Gasteiger partial charge in [-0.15, -0.1) is 0 Å². The summed E-state index contributed by atoms with van der Waals surface area (Å²) in [5.74, 6) is 0.680. The first kappa shape index (κ1) is 14.6. The fourth-order valence-electron chi connectivity index (χ4n) is 2.70. The third-order valence-electron chi connectivity index (χ3n) is 4.08. The number of benzene rings is 1. The number of carbonyl (C=O) groups excluding carboxylic acids is 1. The third-order valence-corrected chi connectivity index (χ3v) is 4.08. The Morgan fingerprint density at radius 3 is 2.68 bits per heavy atom. The van der Waals surface area contributed by atoms with Crippen LogP contribution in [0.15, 0.2) is 48.7 Å². The van der Waals surface area contributed by atoms with Gasteiger partial charge in [0, 0.05) is 18.3 Å². The summed E-state index contributed by atoms with van der Waals surface area (Å²) in [6, 6.07) is 13.8. The average Bonchev–Trinajstić information content (AvgIpc) is 3.37. The molecular weight excluding hydrogens is 276 g/mol. The molecule has 1 heterocycles. The molecule has 0 saturated heterocycles. The number of pyridine rings is 1. The fourth-order valence-corrected chi connectivity index (χ4v) is 2.70. The number of amides is 1. The van der Waals surface area contributed by atoms with E-state index in [0.717, 1.165) is 24.0 Å². The van der Waals surface area contributed by atoms with Crippen LogP contribution >= 0.6 is 0 Å². The number of nitrogens with zero attached hydrogens (tertiary/aromatic N) is 1. The number of carbonyl (C=O) groups is 1. The Morgan fingerprint density at radius 2 is 2.00 bits per heavy atom. The average molecular weight is 296 g/mol. The first-order valence-electron chi connectivity index (χ1n) is 7.67. The second-order valence-corrected chi connectivity index (χ2v) is 5.53. The van der Waals surface area contributed by atoms with E-state index < -0.39 is 0 Å². The summed E-state index contributed by atoms with van der Waals surface area (Å²) in [5, 5.41) is 3.04. The van der Waals surface area contributed by atoms with Crippen molar-refractivity contribution in [1.29, 1.82) is 0 Å². The van der Waals surface area contributed by atoms with Crippen LogP contribution in [0.3, 0.4) is 0 Å². The highest BCUT2D eigenvalue weighted by Crippen LogP contribution is 2.48. The fraction of sp³-hybridized carbons (Fsp3) is 0.333. The first-order valence-corrected chi connectivity index (χ1v) is 7.67. The minimum absolute atomic E-state index is 0.0880. The molecule has 0 aliphatic heterocycles. The predicted molar refractivity (Wildman–Crippen MR) is 84.6 cm³/mol. The molecule has 0 atom stereocenters. The largest absolute Gasteiger partial charge is 0.478 e. The standard InChI is InChI=1S/C18H20N2O2/c1-2-22-16-14(7-6-12-19-16)13-20-17(21)18(10-11-18)15-8-4-3-5-9-15/h3-9,12H,2,10-11,13H2,1H3,(H,20,21). The van der Waals surface area contributed by atoms with E-state index in [-0.39, 0.29) is 11.3 Å². The maximum atomic E-state index is 12.6. The highest BCUT2D eigenvalue weighted by atomic mass is 16.5. The monoisotopic (exact) mass is 296 g/mol. The molecule has 3 rings (SSSR count). The van der Waals surface area contributed by atoms with Gasteiger partial charge in [-0.05, 0) is 31.4 Å². The van der Waals surface area contributed by atoms with Crippen LogP contribution in [-0.4, -0.2) is 17.5 Å². The van der Waals surface area contributed by atoms with Crippen LogP contribution in [0.25, 0.3) is 0 Å². The molecule has 1 N–H and O–H groups in total. The van der Waals surface area contributed by atoms with Crippen LogP contribution in [-0.2, 0) is 16.8 Å². The summed E-state index contributed by atoms with van der Waals surface area (Å²) >= 11 is 0. The lowest BCUT2D eigenvalue weighted by Gasteiger charge is -2.16. The second-order valence-electron chi connectivity index (χ2n) is 5.53. The number of rotatable bonds is 6. The number of nitrogens with one attached hydrogen (secondary N) is 1. The van der Waals surface area contributed by atoms with Gasteiger partial charge in [0.2, 0.25) is 11.8 Å². The van der Waals surface area contributed by atoms with E-state index in [9.17, 15) is 4.79 Å². The van der Waals surface area contributed by atoms with E-state index in [4.69, 9.17) is 4.74 Å². The minimum atomic E-state index is -0.338. The van der Waals surface area contributed by atoms with Crippen molar-refractivity contribution in [1.82, 2.24) is 10.3 Å². The Morgan fingerprint density at radius 1 is 1.23 bits per heavy atom. The van der Waals surface area contributed by atoms with E-state index in [2.05, 4.69) is 10.3 Å². The zero-order valence-electron chi connectivity index (χ0n) is 12.7. The van der Waals surface area contributed by atoms with E-state index in [0.29, 0.717) is 19.0 Å². The van der Waals surface area contributed by atoms with Crippen LogP contribution in [0.2, 0.25) is 0 Å². The molecule has 22 heavy (non-hydrogen) atoms.